The number of rotatable bonds is 6. The number of benzene rings is 2. The summed E-state index contributed by atoms with van der Waals surface area (Å²) in [6.07, 6.45) is 0. The first-order valence-corrected chi connectivity index (χ1v) is 8.54. The fourth-order valence-corrected chi connectivity index (χ4v) is 2.76. The predicted octanol–water partition coefficient (Wildman–Crippen LogP) is 3.76. The number of esters is 1. The number of methoxy groups -OCH3 is 2. The van der Waals surface area contributed by atoms with Crippen molar-refractivity contribution >= 4 is 51.8 Å². The van der Waals surface area contributed by atoms with Gasteiger partial charge >= 0.3 is 5.97 Å². The van der Waals surface area contributed by atoms with E-state index in [0.29, 0.717) is 27.8 Å². The molecule has 2 aromatic rings. The van der Waals surface area contributed by atoms with E-state index < -0.39 is 18.5 Å². The molecular formula is C17H15ClINO5. The molecule has 0 bridgehead atoms. The molecule has 0 heterocycles. The lowest BCUT2D eigenvalue weighted by Crippen LogP contribution is -2.21. The number of hydrogen-bond acceptors (Lipinski definition) is 5. The molecule has 0 aliphatic rings. The number of amides is 1. The molecule has 6 nitrogen and oxygen atoms in total. The molecule has 0 saturated heterocycles. The lowest BCUT2D eigenvalue weighted by Gasteiger charge is -2.13. The molecule has 0 aliphatic heterocycles. The molecule has 1 N–H and O–H groups in total. The van der Waals surface area contributed by atoms with Gasteiger partial charge in [-0.15, -0.1) is 0 Å². The van der Waals surface area contributed by atoms with Crippen molar-refractivity contribution in [2.45, 2.75) is 0 Å². The van der Waals surface area contributed by atoms with Crippen molar-refractivity contribution in [1.82, 2.24) is 0 Å². The van der Waals surface area contributed by atoms with Gasteiger partial charge < -0.3 is 19.5 Å². The fraction of sp³-hybridized carbons (Fsp3) is 0.176. The van der Waals surface area contributed by atoms with Crippen LogP contribution in [-0.4, -0.2) is 32.7 Å². The number of nitrogens with one attached hydrogen (secondary N) is 1. The predicted molar refractivity (Wildman–Crippen MR) is 103 cm³/mol. The van der Waals surface area contributed by atoms with Crippen molar-refractivity contribution in [3.05, 3.63) is 50.6 Å². The van der Waals surface area contributed by atoms with Crippen LogP contribution >= 0.6 is 34.2 Å². The largest absolute Gasteiger partial charge is 0.495 e. The summed E-state index contributed by atoms with van der Waals surface area (Å²) in [7, 11) is 2.93. The van der Waals surface area contributed by atoms with Crippen molar-refractivity contribution in [1.29, 1.82) is 0 Å². The van der Waals surface area contributed by atoms with Crippen LogP contribution in [0.15, 0.2) is 36.4 Å². The first kappa shape index (κ1) is 19.3. The zero-order chi connectivity index (χ0) is 18.4. The minimum absolute atomic E-state index is 0.314. The third kappa shape index (κ3) is 5.23. The summed E-state index contributed by atoms with van der Waals surface area (Å²) in [5, 5.41) is 2.90. The molecule has 0 atom stereocenters. The van der Waals surface area contributed by atoms with Crippen LogP contribution in [0, 0.1) is 3.57 Å². The SMILES string of the molecule is COc1cc(OC)c(NC(=O)COC(=O)c2cccc(I)c2)cc1Cl. The van der Waals surface area contributed by atoms with E-state index in [-0.39, 0.29) is 0 Å². The molecule has 0 saturated carbocycles. The van der Waals surface area contributed by atoms with Gasteiger partial charge in [-0.1, -0.05) is 17.7 Å². The third-order valence-electron chi connectivity index (χ3n) is 3.14. The number of carbonyl (C=O) groups is 2. The molecule has 0 spiro atoms. The fourth-order valence-electron chi connectivity index (χ4n) is 1.97. The monoisotopic (exact) mass is 475 g/mol. The van der Waals surface area contributed by atoms with Crippen LogP contribution in [0.2, 0.25) is 5.02 Å². The highest BCUT2D eigenvalue weighted by Crippen LogP contribution is 2.35. The summed E-state index contributed by atoms with van der Waals surface area (Å²) in [4.78, 5) is 24.0. The standard InChI is InChI=1S/C17H15ClINO5/c1-23-14-8-15(24-2)13(7-12(14)18)20-16(21)9-25-17(22)10-4-3-5-11(19)6-10/h3-8H,9H2,1-2H3,(H,20,21). The maximum atomic E-state index is 12.0. The van der Waals surface area contributed by atoms with Gasteiger partial charge in [0.05, 0.1) is 30.5 Å². The second kappa shape index (κ2) is 8.91. The van der Waals surface area contributed by atoms with Crippen LogP contribution in [0.4, 0.5) is 5.69 Å². The van der Waals surface area contributed by atoms with Crippen molar-refractivity contribution in [2.75, 3.05) is 26.1 Å². The van der Waals surface area contributed by atoms with Gasteiger partial charge in [0.15, 0.2) is 6.61 Å². The van der Waals surface area contributed by atoms with Crippen molar-refractivity contribution < 1.29 is 23.8 Å². The van der Waals surface area contributed by atoms with Gasteiger partial charge in [-0.25, -0.2) is 4.79 Å². The average molecular weight is 476 g/mol. The van der Waals surface area contributed by atoms with E-state index >= 15 is 0 Å². The second-order valence-electron chi connectivity index (χ2n) is 4.82. The molecule has 0 aromatic heterocycles. The zero-order valence-corrected chi connectivity index (χ0v) is 16.4. The third-order valence-corrected chi connectivity index (χ3v) is 4.11. The van der Waals surface area contributed by atoms with E-state index in [4.69, 9.17) is 25.8 Å². The quantitative estimate of drug-likeness (QED) is 0.509. The maximum Gasteiger partial charge on any atom is 0.338 e. The van der Waals surface area contributed by atoms with Crippen molar-refractivity contribution in [3.8, 4) is 11.5 Å². The lowest BCUT2D eigenvalue weighted by molar-refractivity contribution is -0.119. The average Bonchev–Trinajstić information content (AvgIpc) is 2.60. The molecule has 0 unspecified atom stereocenters. The molecule has 2 rings (SSSR count). The Kier molecular flexibility index (Phi) is 6.89. The molecular weight excluding hydrogens is 461 g/mol. The summed E-state index contributed by atoms with van der Waals surface area (Å²) in [6, 6.07) is 9.93. The summed E-state index contributed by atoms with van der Waals surface area (Å²) < 4.78 is 16.2. The van der Waals surface area contributed by atoms with Crippen LogP contribution < -0.4 is 14.8 Å². The van der Waals surface area contributed by atoms with Crippen LogP contribution in [0.25, 0.3) is 0 Å². The normalized spacial score (nSPS) is 10.1. The van der Waals surface area contributed by atoms with E-state index in [1.165, 1.54) is 20.3 Å². The van der Waals surface area contributed by atoms with Crippen LogP contribution in [-0.2, 0) is 9.53 Å². The van der Waals surface area contributed by atoms with E-state index in [1.54, 1.807) is 24.3 Å². The van der Waals surface area contributed by atoms with Gasteiger partial charge in [0, 0.05) is 9.64 Å². The molecule has 1 amide bonds. The highest BCUT2D eigenvalue weighted by Gasteiger charge is 2.14. The molecule has 0 aliphatic carbocycles. The van der Waals surface area contributed by atoms with Gasteiger partial charge in [0.25, 0.3) is 5.91 Å². The highest BCUT2D eigenvalue weighted by molar-refractivity contribution is 14.1. The van der Waals surface area contributed by atoms with Gasteiger partial charge in [0.1, 0.15) is 11.5 Å². The lowest BCUT2D eigenvalue weighted by atomic mass is 10.2. The van der Waals surface area contributed by atoms with E-state index in [0.717, 1.165) is 3.57 Å². The Balaban J connectivity index is 2.01. The zero-order valence-electron chi connectivity index (χ0n) is 13.5. The van der Waals surface area contributed by atoms with Crippen LogP contribution in [0.5, 0.6) is 11.5 Å². The number of anilines is 1. The Labute approximate surface area is 163 Å². The number of halogens is 2. The van der Waals surface area contributed by atoms with Gasteiger partial charge in [-0.05, 0) is 46.9 Å². The Hall–Kier alpha value is -2.00. The Morgan fingerprint density at radius 1 is 1.12 bits per heavy atom. The summed E-state index contributed by atoms with van der Waals surface area (Å²) in [6.45, 7) is -0.433. The summed E-state index contributed by atoms with van der Waals surface area (Å²) in [5.74, 6) is -0.299. The topological polar surface area (TPSA) is 73.9 Å². The first-order valence-electron chi connectivity index (χ1n) is 7.08. The van der Waals surface area contributed by atoms with E-state index in [1.807, 2.05) is 6.07 Å². The molecule has 8 heteroatoms. The van der Waals surface area contributed by atoms with Gasteiger partial charge in [-0.3, -0.25) is 4.79 Å². The Bertz CT molecular complexity index is 797. The number of carbonyl (C=O) groups excluding carboxylic acids is 2. The summed E-state index contributed by atoms with van der Waals surface area (Å²) >= 11 is 8.13. The van der Waals surface area contributed by atoms with E-state index in [9.17, 15) is 9.59 Å². The Morgan fingerprint density at radius 3 is 2.48 bits per heavy atom. The molecule has 2 aromatic carbocycles. The number of hydrogen-bond donors (Lipinski definition) is 1. The van der Waals surface area contributed by atoms with Gasteiger partial charge in [-0.2, -0.15) is 0 Å². The molecule has 132 valence electrons. The highest BCUT2D eigenvalue weighted by atomic mass is 127. The van der Waals surface area contributed by atoms with Crippen LogP contribution in [0.3, 0.4) is 0 Å². The number of ether oxygens (including phenoxy) is 3. The van der Waals surface area contributed by atoms with Crippen molar-refractivity contribution in [3.63, 3.8) is 0 Å². The molecule has 0 fully saturated rings. The Morgan fingerprint density at radius 2 is 1.84 bits per heavy atom. The van der Waals surface area contributed by atoms with Crippen LogP contribution in [0.1, 0.15) is 10.4 Å². The van der Waals surface area contributed by atoms with Gasteiger partial charge in [0.2, 0.25) is 0 Å². The minimum atomic E-state index is -0.576. The maximum absolute atomic E-state index is 12.0. The smallest absolute Gasteiger partial charge is 0.338 e. The minimum Gasteiger partial charge on any atom is -0.495 e. The second-order valence-corrected chi connectivity index (χ2v) is 6.47. The molecule has 25 heavy (non-hydrogen) atoms. The molecule has 0 radical (unpaired) electrons. The van der Waals surface area contributed by atoms with E-state index in [2.05, 4.69) is 27.9 Å². The summed E-state index contributed by atoms with van der Waals surface area (Å²) in [5.41, 5.74) is 0.730. The van der Waals surface area contributed by atoms with Crippen molar-refractivity contribution in [2.24, 2.45) is 0 Å². The first-order chi connectivity index (χ1) is 11.9.